The van der Waals surface area contributed by atoms with Crippen LogP contribution in [0.3, 0.4) is 0 Å². The van der Waals surface area contributed by atoms with Gasteiger partial charge in [-0.25, -0.2) is 18.7 Å². The van der Waals surface area contributed by atoms with Gasteiger partial charge in [-0.3, -0.25) is 9.59 Å². The Hall–Kier alpha value is -2.90. The highest BCUT2D eigenvalue weighted by atomic mass is 19.1. The van der Waals surface area contributed by atoms with Gasteiger partial charge in [0.25, 0.3) is 5.91 Å². The van der Waals surface area contributed by atoms with Crippen molar-refractivity contribution in [3.8, 4) is 0 Å². The Morgan fingerprint density at radius 1 is 1.25 bits per heavy atom. The summed E-state index contributed by atoms with van der Waals surface area (Å²) in [6.07, 6.45) is 4.61. The second kappa shape index (κ2) is 6.31. The number of carbonyl (C=O) groups excluding carboxylic acids is 2. The molecule has 1 aromatic heterocycles. The summed E-state index contributed by atoms with van der Waals surface area (Å²) in [5.41, 5.74) is 6.13. The zero-order valence-corrected chi connectivity index (χ0v) is 12.6. The maximum absolute atomic E-state index is 13.9. The number of halogens is 2. The highest BCUT2D eigenvalue weighted by Gasteiger charge is 2.34. The average molecular weight is 332 g/mol. The zero-order chi connectivity index (χ0) is 17.3. The molecule has 1 atom stereocenters. The molecular formula is C16H14F2N4O2. The van der Waals surface area contributed by atoms with Gasteiger partial charge < -0.3 is 10.6 Å². The lowest BCUT2D eigenvalue weighted by molar-refractivity contribution is -0.119. The first-order valence-corrected chi connectivity index (χ1v) is 7.29. The molecule has 1 unspecified atom stereocenters. The van der Waals surface area contributed by atoms with E-state index in [1.54, 1.807) is 0 Å². The zero-order valence-electron chi connectivity index (χ0n) is 12.6. The van der Waals surface area contributed by atoms with Crippen molar-refractivity contribution in [3.05, 3.63) is 59.2 Å². The van der Waals surface area contributed by atoms with E-state index in [2.05, 4.69) is 9.97 Å². The lowest BCUT2D eigenvalue weighted by Crippen LogP contribution is -2.40. The molecule has 0 aliphatic heterocycles. The first-order valence-electron chi connectivity index (χ1n) is 7.29. The normalized spacial score (nSPS) is 15.8. The fraction of sp³-hybridized carbons (Fsp3) is 0.250. The average Bonchev–Trinajstić information content (AvgIpc) is 2.96. The SMILES string of the molecule is NC(=O)CN(C(=O)c1cncnc1)C1CCc2c(F)cc(F)cc21. The minimum atomic E-state index is -0.729. The molecule has 3 rings (SSSR count). The number of amides is 2. The smallest absolute Gasteiger partial charge is 0.257 e. The minimum Gasteiger partial charge on any atom is -0.368 e. The van der Waals surface area contributed by atoms with E-state index in [9.17, 15) is 18.4 Å². The van der Waals surface area contributed by atoms with E-state index in [0.717, 1.165) is 6.07 Å². The predicted octanol–water partition coefficient (Wildman–Crippen LogP) is 1.37. The summed E-state index contributed by atoms with van der Waals surface area (Å²) in [5.74, 6) is -2.61. The van der Waals surface area contributed by atoms with Gasteiger partial charge >= 0.3 is 0 Å². The topological polar surface area (TPSA) is 89.2 Å². The first kappa shape index (κ1) is 16.0. The van der Waals surface area contributed by atoms with Crippen molar-refractivity contribution >= 4 is 11.8 Å². The number of rotatable bonds is 4. The molecule has 2 N–H and O–H groups in total. The molecule has 0 saturated heterocycles. The molecule has 0 radical (unpaired) electrons. The summed E-state index contributed by atoms with van der Waals surface area (Å²) in [6, 6.07) is 1.37. The van der Waals surface area contributed by atoms with E-state index in [4.69, 9.17) is 5.73 Å². The summed E-state index contributed by atoms with van der Waals surface area (Å²) in [4.78, 5) is 32.9. The quantitative estimate of drug-likeness (QED) is 0.916. The Kier molecular flexibility index (Phi) is 4.20. The van der Waals surface area contributed by atoms with Gasteiger partial charge in [0, 0.05) is 18.5 Å². The van der Waals surface area contributed by atoms with Gasteiger partial charge in [0.2, 0.25) is 5.91 Å². The van der Waals surface area contributed by atoms with Crippen LogP contribution in [0.25, 0.3) is 0 Å². The van der Waals surface area contributed by atoms with E-state index in [-0.39, 0.29) is 12.1 Å². The maximum atomic E-state index is 13.9. The second-order valence-electron chi connectivity index (χ2n) is 5.54. The number of primary amides is 1. The third-order valence-electron chi connectivity index (χ3n) is 3.99. The van der Waals surface area contributed by atoms with Gasteiger partial charge in [0.15, 0.2) is 0 Å². The Morgan fingerprint density at radius 3 is 2.62 bits per heavy atom. The fourth-order valence-corrected chi connectivity index (χ4v) is 3.01. The molecule has 0 fully saturated rings. The van der Waals surface area contributed by atoms with Crippen LogP contribution in [0.4, 0.5) is 8.78 Å². The molecule has 1 aromatic carbocycles. The number of fused-ring (bicyclic) bond motifs is 1. The summed E-state index contributed by atoms with van der Waals surface area (Å²) in [6.45, 7) is -0.365. The summed E-state index contributed by atoms with van der Waals surface area (Å²) in [7, 11) is 0. The van der Waals surface area contributed by atoms with Crippen molar-refractivity contribution in [1.29, 1.82) is 0 Å². The largest absolute Gasteiger partial charge is 0.368 e. The molecule has 24 heavy (non-hydrogen) atoms. The van der Waals surface area contributed by atoms with Crippen LogP contribution in [0.15, 0.2) is 30.9 Å². The van der Waals surface area contributed by atoms with Gasteiger partial charge in [-0.15, -0.1) is 0 Å². The molecule has 1 aliphatic rings. The number of hydrogen-bond acceptors (Lipinski definition) is 4. The summed E-state index contributed by atoms with van der Waals surface area (Å²) >= 11 is 0. The van der Waals surface area contributed by atoms with Crippen LogP contribution < -0.4 is 5.73 Å². The van der Waals surface area contributed by atoms with Crippen LogP contribution in [0.5, 0.6) is 0 Å². The van der Waals surface area contributed by atoms with Crippen LogP contribution in [-0.4, -0.2) is 33.2 Å². The first-order chi connectivity index (χ1) is 11.5. The van der Waals surface area contributed by atoms with E-state index in [1.165, 1.54) is 29.7 Å². The number of aromatic nitrogens is 2. The Labute approximate surface area is 136 Å². The molecule has 2 aromatic rings. The standard InChI is InChI=1S/C16H14F2N4O2/c17-10-3-12-11(13(18)4-10)1-2-14(12)22(7-15(19)23)16(24)9-5-20-8-21-6-9/h3-6,8,14H,1-2,7H2,(H2,19,23). The Morgan fingerprint density at radius 2 is 1.96 bits per heavy atom. The number of nitrogens with zero attached hydrogens (tertiary/aromatic N) is 3. The van der Waals surface area contributed by atoms with Gasteiger partial charge in [0.1, 0.15) is 24.5 Å². The highest BCUT2D eigenvalue weighted by Crippen LogP contribution is 2.38. The van der Waals surface area contributed by atoms with Crippen LogP contribution in [0.2, 0.25) is 0 Å². The van der Waals surface area contributed by atoms with Gasteiger partial charge in [-0.2, -0.15) is 0 Å². The monoisotopic (exact) mass is 332 g/mol. The lowest BCUT2D eigenvalue weighted by Gasteiger charge is -2.28. The van der Waals surface area contributed by atoms with E-state index in [1.807, 2.05) is 0 Å². The molecule has 0 saturated carbocycles. The van der Waals surface area contributed by atoms with E-state index in [0.29, 0.717) is 24.0 Å². The van der Waals surface area contributed by atoms with Crippen LogP contribution in [-0.2, 0) is 11.2 Å². The Balaban J connectivity index is 2.00. The molecule has 0 spiro atoms. The molecule has 1 heterocycles. The number of benzene rings is 1. The maximum Gasteiger partial charge on any atom is 0.257 e. The van der Waals surface area contributed by atoms with E-state index < -0.39 is 29.5 Å². The number of nitrogens with two attached hydrogens (primary N) is 1. The predicted molar refractivity (Wildman–Crippen MR) is 79.7 cm³/mol. The third kappa shape index (κ3) is 2.94. The van der Waals surface area contributed by atoms with E-state index >= 15 is 0 Å². The van der Waals surface area contributed by atoms with Gasteiger partial charge in [-0.1, -0.05) is 0 Å². The fourth-order valence-electron chi connectivity index (χ4n) is 3.01. The minimum absolute atomic E-state index is 0.170. The summed E-state index contributed by atoms with van der Waals surface area (Å²) in [5, 5.41) is 0. The van der Waals surface area contributed by atoms with Crippen molar-refractivity contribution in [2.24, 2.45) is 5.73 Å². The second-order valence-corrected chi connectivity index (χ2v) is 5.54. The van der Waals surface area contributed by atoms with Gasteiger partial charge in [-0.05, 0) is 30.0 Å². The third-order valence-corrected chi connectivity index (χ3v) is 3.99. The molecule has 6 nitrogen and oxygen atoms in total. The van der Waals surface area contributed by atoms with Crippen LogP contribution in [0, 0.1) is 11.6 Å². The van der Waals surface area contributed by atoms with Crippen molar-refractivity contribution in [3.63, 3.8) is 0 Å². The number of carbonyl (C=O) groups is 2. The van der Waals surface area contributed by atoms with Gasteiger partial charge in [0.05, 0.1) is 11.6 Å². The molecular weight excluding hydrogens is 318 g/mol. The lowest BCUT2D eigenvalue weighted by atomic mass is 10.1. The molecule has 2 amide bonds. The number of hydrogen-bond donors (Lipinski definition) is 1. The van der Waals surface area contributed by atoms with Crippen molar-refractivity contribution in [2.45, 2.75) is 18.9 Å². The molecule has 1 aliphatic carbocycles. The Bertz CT molecular complexity index is 798. The summed E-state index contributed by atoms with van der Waals surface area (Å²) < 4.78 is 27.5. The van der Waals surface area contributed by atoms with Crippen molar-refractivity contribution in [1.82, 2.24) is 14.9 Å². The molecule has 124 valence electrons. The molecule has 0 bridgehead atoms. The highest BCUT2D eigenvalue weighted by molar-refractivity contribution is 5.96. The molecule has 8 heteroatoms. The van der Waals surface area contributed by atoms with Crippen LogP contribution in [0.1, 0.15) is 33.9 Å². The van der Waals surface area contributed by atoms with Crippen molar-refractivity contribution in [2.75, 3.05) is 6.54 Å². The van der Waals surface area contributed by atoms with Crippen molar-refractivity contribution < 1.29 is 18.4 Å². The van der Waals surface area contributed by atoms with Crippen LogP contribution >= 0.6 is 0 Å².